The van der Waals surface area contributed by atoms with E-state index in [0.717, 1.165) is 6.54 Å². The third-order valence-corrected chi connectivity index (χ3v) is 2.71. The predicted molar refractivity (Wildman–Crippen MR) is 74.6 cm³/mol. The smallest absolute Gasteiger partial charge is 0.128 e. The van der Waals surface area contributed by atoms with Crippen molar-refractivity contribution < 1.29 is 13.9 Å². The van der Waals surface area contributed by atoms with Gasteiger partial charge in [-0.15, -0.1) is 0 Å². The van der Waals surface area contributed by atoms with E-state index in [9.17, 15) is 4.39 Å². The van der Waals surface area contributed by atoms with Crippen LogP contribution >= 0.6 is 0 Å². The molecule has 0 spiro atoms. The molecule has 0 heterocycles. The third kappa shape index (κ3) is 6.66. The van der Waals surface area contributed by atoms with Gasteiger partial charge in [-0.25, -0.2) is 4.39 Å². The van der Waals surface area contributed by atoms with Crippen LogP contribution in [0.1, 0.15) is 19.4 Å². The summed E-state index contributed by atoms with van der Waals surface area (Å²) >= 11 is 0. The lowest BCUT2D eigenvalue weighted by atomic mass is 10.2. The van der Waals surface area contributed by atoms with Gasteiger partial charge < -0.3 is 14.8 Å². The first kappa shape index (κ1) is 16.1. The fraction of sp³-hybridized carbons (Fsp3) is 0.600. The Bertz CT molecular complexity index is 358. The Balaban J connectivity index is 2.38. The van der Waals surface area contributed by atoms with Crippen molar-refractivity contribution in [1.82, 2.24) is 5.32 Å². The first-order valence-corrected chi connectivity index (χ1v) is 6.68. The number of nitrogens with one attached hydrogen (secondary N) is 1. The minimum Gasteiger partial charge on any atom is -0.382 e. The van der Waals surface area contributed by atoms with Gasteiger partial charge in [-0.2, -0.15) is 0 Å². The van der Waals surface area contributed by atoms with Crippen LogP contribution in [0.4, 0.5) is 4.39 Å². The molecular formula is C15H24FNO2. The average molecular weight is 269 g/mol. The summed E-state index contributed by atoms with van der Waals surface area (Å²) in [7, 11) is 1.64. The molecule has 0 bridgehead atoms. The Labute approximate surface area is 115 Å². The highest BCUT2D eigenvalue weighted by molar-refractivity contribution is 5.16. The van der Waals surface area contributed by atoms with E-state index in [2.05, 4.69) is 19.2 Å². The van der Waals surface area contributed by atoms with Crippen molar-refractivity contribution in [2.75, 3.05) is 26.8 Å². The molecule has 0 aliphatic carbocycles. The van der Waals surface area contributed by atoms with Gasteiger partial charge in [0, 0.05) is 19.2 Å². The summed E-state index contributed by atoms with van der Waals surface area (Å²) in [6.07, 6.45) is -0.0663. The second kappa shape index (κ2) is 9.02. The van der Waals surface area contributed by atoms with Crippen molar-refractivity contribution in [3.63, 3.8) is 0 Å². The van der Waals surface area contributed by atoms with E-state index >= 15 is 0 Å². The number of methoxy groups -OCH3 is 1. The first-order chi connectivity index (χ1) is 9.13. The summed E-state index contributed by atoms with van der Waals surface area (Å²) in [6, 6.07) is 6.67. The minimum atomic E-state index is -0.228. The van der Waals surface area contributed by atoms with E-state index in [1.807, 2.05) is 6.07 Å². The van der Waals surface area contributed by atoms with E-state index in [1.54, 1.807) is 19.2 Å². The number of hydrogen-bond donors (Lipinski definition) is 1. The van der Waals surface area contributed by atoms with Gasteiger partial charge in [0.25, 0.3) is 0 Å². The fourth-order valence-corrected chi connectivity index (χ4v) is 1.71. The van der Waals surface area contributed by atoms with Gasteiger partial charge in [-0.3, -0.25) is 0 Å². The number of rotatable bonds is 9. The lowest BCUT2D eigenvalue weighted by Gasteiger charge is -2.18. The highest BCUT2D eigenvalue weighted by Crippen LogP contribution is 2.09. The topological polar surface area (TPSA) is 30.5 Å². The zero-order valence-electron chi connectivity index (χ0n) is 12.0. The van der Waals surface area contributed by atoms with Crippen LogP contribution in [0, 0.1) is 11.7 Å². The Hall–Kier alpha value is -0.970. The lowest BCUT2D eigenvalue weighted by molar-refractivity contribution is -0.0112. The molecule has 0 amide bonds. The Kier molecular flexibility index (Phi) is 7.63. The molecule has 1 N–H and O–H groups in total. The normalized spacial score (nSPS) is 12.9. The highest BCUT2D eigenvalue weighted by atomic mass is 19.1. The van der Waals surface area contributed by atoms with E-state index < -0.39 is 0 Å². The molecule has 1 atom stereocenters. The van der Waals surface area contributed by atoms with Gasteiger partial charge in [-0.05, 0) is 18.5 Å². The zero-order chi connectivity index (χ0) is 14.1. The second-order valence-corrected chi connectivity index (χ2v) is 5.03. The fourth-order valence-electron chi connectivity index (χ4n) is 1.71. The van der Waals surface area contributed by atoms with Gasteiger partial charge in [-0.1, -0.05) is 32.0 Å². The second-order valence-electron chi connectivity index (χ2n) is 5.03. The SMILES string of the molecule is COCC(CNCC(C)C)OCc1ccccc1F. The molecule has 0 aromatic heterocycles. The minimum absolute atomic E-state index is 0.0663. The van der Waals surface area contributed by atoms with Gasteiger partial charge in [0.15, 0.2) is 0 Å². The van der Waals surface area contributed by atoms with Crippen molar-refractivity contribution in [2.45, 2.75) is 26.6 Å². The summed E-state index contributed by atoms with van der Waals surface area (Å²) in [6.45, 7) is 6.71. The number of hydrogen-bond acceptors (Lipinski definition) is 3. The molecule has 0 aliphatic heterocycles. The van der Waals surface area contributed by atoms with E-state index in [1.165, 1.54) is 6.07 Å². The summed E-state index contributed by atoms with van der Waals surface area (Å²) in [4.78, 5) is 0. The summed E-state index contributed by atoms with van der Waals surface area (Å²) in [5.41, 5.74) is 0.576. The van der Waals surface area contributed by atoms with Crippen molar-refractivity contribution >= 4 is 0 Å². The van der Waals surface area contributed by atoms with Crippen LogP contribution in [0.15, 0.2) is 24.3 Å². The monoisotopic (exact) mass is 269 g/mol. The summed E-state index contributed by atoms with van der Waals surface area (Å²) in [5.74, 6) is 0.364. The van der Waals surface area contributed by atoms with Crippen molar-refractivity contribution in [3.8, 4) is 0 Å². The van der Waals surface area contributed by atoms with Gasteiger partial charge in [0.2, 0.25) is 0 Å². The summed E-state index contributed by atoms with van der Waals surface area (Å²) in [5, 5.41) is 3.32. The quantitative estimate of drug-likeness (QED) is 0.747. The molecule has 3 nitrogen and oxygen atoms in total. The van der Waals surface area contributed by atoms with Gasteiger partial charge in [0.05, 0.1) is 19.3 Å². The maximum Gasteiger partial charge on any atom is 0.128 e. The van der Waals surface area contributed by atoms with Gasteiger partial charge >= 0.3 is 0 Å². The summed E-state index contributed by atoms with van der Waals surface area (Å²) < 4.78 is 24.3. The molecule has 1 aromatic carbocycles. The lowest BCUT2D eigenvalue weighted by Crippen LogP contribution is -2.34. The largest absolute Gasteiger partial charge is 0.382 e. The Morgan fingerprint density at radius 3 is 2.58 bits per heavy atom. The number of benzene rings is 1. The highest BCUT2D eigenvalue weighted by Gasteiger charge is 2.10. The van der Waals surface area contributed by atoms with Crippen LogP contribution in [0.25, 0.3) is 0 Å². The molecule has 108 valence electrons. The predicted octanol–water partition coefficient (Wildman–Crippen LogP) is 2.60. The molecule has 0 saturated heterocycles. The van der Waals surface area contributed by atoms with Crippen LogP contribution in [-0.2, 0) is 16.1 Å². The maximum atomic E-state index is 13.5. The molecule has 0 saturated carbocycles. The Morgan fingerprint density at radius 2 is 1.95 bits per heavy atom. The van der Waals surface area contributed by atoms with Crippen molar-refractivity contribution in [1.29, 1.82) is 0 Å². The molecular weight excluding hydrogens is 245 g/mol. The zero-order valence-corrected chi connectivity index (χ0v) is 12.0. The average Bonchev–Trinajstić information content (AvgIpc) is 2.37. The Morgan fingerprint density at radius 1 is 1.21 bits per heavy atom. The maximum absolute atomic E-state index is 13.5. The molecule has 0 fully saturated rings. The van der Waals surface area contributed by atoms with Crippen LogP contribution in [-0.4, -0.2) is 32.9 Å². The number of ether oxygens (including phenoxy) is 2. The van der Waals surface area contributed by atoms with E-state index in [0.29, 0.717) is 24.6 Å². The van der Waals surface area contributed by atoms with E-state index in [-0.39, 0.29) is 18.5 Å². The molecule has 4 heteroatoms. The van der Waals surface area contributed by atoms with Crippen LogP contribution in [0.2, 0.25) is 0 Å². The van der Waals surface area contributed by atoms with Crippen LogP contribution in [0.3, 0.4) is 0 Å². The first-order valence-electron chi connectivity index (χ1n) is 6.68. The van der Waals surface area contributed by atoms with Crippen LogP contribution < -0.4 is 5.32 Å². The number of halogens is 1. The molecule has 1 aromatic rings. The van der Waals surface area contributed by atoms with E-state index in [4.69, 9.17) is 9.47 Å². The van der Waals surface area contributed by atoms with Crippen molar-refractivity contribution in [3.05, 3.63) is 35.6 Å². The molecule has 1 rings (SSSR count). The van der Waals surface area contributed by atoms with Crippen LogP contribution in [0.5, 0.6) is 0 Å². The van der Waals surface area contributed by atoms with Gasteiger partial charge in [0.1, 0.15) is 5.82 Å². The molecule has 0 radical (unpaired) electrons. The standard InChI is InChI=1S/C15H24FNO2/c1-12(2)8-17-9-14(11-18-3)19-10-13-6-4-5-7-15(13)16/h4-7,12,14,17H,8-11H2,1-3H3. The molecule has 0 aliphatic rings. The molecule has 19 heavy (non-hydrogen) atoms. The van der Waals surface area contributed by atoms with Crippen molar-refractivity contribution in [2.24, 2.45) is 5.92 Å². The molecule has 1 unspecified atom stereocenters. The third-order valence-electron chi connectivity index (χ3n) is 2.71.